The van der Waals surface area contributed by atoms with Crippen molar-refractivity contribution >= 4 is 27.5 Å². The Morgan fingerprint density at radius 3 is 2.93 bits per heavy atom. The summed E-state index contributed by atoms with van der Waals surface area (Å²) in [5, 5.41) is 7.26. The zero-order valence-electron chi connectivity index (χ0n) is 8.87. The second-order valence-electron chi connectivity index (χ2n) is 3.52. The van der Waals surface area contributed by atoms with E-state index in [2.05, 4.69) is 25.8 Å². The van der Waals surface area contributed by atoms with Crippen LogP contribution >= 0.6 is 15.9 Å². The fraction of sp³-hybridized carbons (Fsp3) is 0.400. The third-order valence-corrected chi connectivity index (χ3v) is 2.92. The highest BCUT2D eigenvalue weighted by molar-refractivity contribution is 9.10. The Morgan fingerprint density at radius 1 is 1.73 bits per heavy atom. The number of hydrogen-bond donors (Lipinski definition) is 2. The van der Waals surface area contributed by atoms with Gasteiger partial charge in [-0.3, -0.25) is 10.4 Å². The van der Waals surface area contributed by atoms with Gasteiger partial charge < -0.3 is 10.6 Å². The predicted molar refractivity (Wildman–Crippen MR) is 66.3 cm³/mol. The molecule has 1 aromatic rings. The Hall–Kier alpha value is -1.10. The van der Waals surface area contributed by atoms with Gasteiger partial charge in [-0.1, -0.05) is 0 Å². The van der Waals surface area contributed by atoms with Crippen LogP contribution in [0.15, 0.2) is 22.9 Å². The first-order valence-electron chi connectivity index (χ1n) is 4.67. The van der Waals surface area contributed by atoms with Gasteiger partial charge in [-0.2, -0.15) is 0 Å². The number of aromatic nitrogens is 1. The lowest BCUT2D eigenvalue weighted by atomic mass is 10.2. The summed E-state index contributed by atoms with van der Waals surface area (Å²) in [5.41, 5.74) is 6.43. The quantitative estimate of drug-likeness (QED) is 0.650. The lowest BCUT2D eigenvalue weighted by molar-refractivity contribution is 0.707. The SMILES string of the molecule is CC(CC(=N)N)N(C)c1ccncc1Br. The van der Waals surface area contributed by atoms with Crippen molar-refractivity contribution in [3.8, 4) is 0 Å². The molecule has 1 rings (SSSR count). The molecule has 0 aliphatic rings. The molecule has 5 heteroatoms. The van der Waals surface area contributed by atoms with E-state index in [0.717, 1.165) is 10.2 Å². The van der Waals surface area contributed by atoms with Gasteiger partial charge in [0.15, 0.2) is 0 Å². The van der Waals surface area contributed by atoms with Crippen LogP contribution in [0.25, 0.3) is 0 Å². The van der Waals surface area contributed by atoms with Gasteiger partial charge in [0.05, 0.1) is 16.0 Å². The van der Waals surface area contributed by atoms with Crippen molar-refractivity contribution in [2.45, 2.75) is 19.4 Å². The van der Waals surface area contributed by atoms with Crippen LogP contribution in [0.1, 0.15) is 13.3 Å². The first-order valence-corrected chi connectivity index (χ1v) is 5.47. The molecule has 0 aliphatic carbocycles. The van der Waals surface area contributed by atoms with Crippen molar-refractivity contribution in [1.82, 2.24) is 4.98 Å². The van der Waals surface area contributed by atoms with Gasteiger partial charge in [0.25, 0.3) is 0 Å². The Bertz CT molecular complexity index is 353. The van der Waals surface area contributed by atoms with E-state index in [4.69, 9.17) is 11.1 Å². The molecule has 0 radical (unpaired) electrons. The third kappa shape index (κ3) is 3.20. The van der Waals surface area contributed by atoms with Gasteiger partial charge in [0.2, 0.25) is 0 Å². The Morgan fingerprint density at radius 2 is 2.40 bits per heavy atom. The van der Waals surface area contributed by atoms with Gasteiger partial charge in [-0.15, -0.1) is 0 Å². The summed E-state index contributed by atoms with van der Waals surface area (Å²) in [6.07, 6.45) is 4.06. The largest absolute Gasteiger partial charge is 0.388 e. The summed E-state index contributed by atoms with van der Waals surface area (Å²) >= 11 is 3.44. The van der Waals surface area contributed by atoms with Crippen LogP contribution < -0.4 is 10.6 Å². The molecule has 0 aromatic carbocycles. The van der Waals surface area contributed by atoms with E-state index in [1.165, 1.54) is 0 Å². The highest BCUT2D eigenvalue weighted by Crippen LogP contribution is 2.25. The summed E-state index contributed by atoms with van der Waals surface area (Å²) in [7, 11) is 1.98. The average Bonchev–Trinajstić information content (AvgIpc) is 2.16. The molecule has 82 valence electrons. The molecule has 0 saturated heterocycles. The molecule has 1 unspecified atom stereocenters. The molecule has 4 nitrogen and oxygen atoms in total. The second-order valence-corrected chi connectivity index (χ2v) is 4.37. The van der Waals surface area contributed by atoms with E-state index in [1.54, 1.807) is 12.4 Å². The minimum atomic E-state index is 0.196. The maximum atomic E-state index is 7.26. The standard InChI is InChI=1S/C10H15BrN4/c1-7(5-10(12)13)15(2)9-3-4-14-6-8(9)11/h3-4,6-7H,5H2,1-2H3,(H3,12,13). The highest BCUT2D eigenvalue weighted by atomic mass is 79.9. The monoisotopic (exact) mass is 270 g/mol. The van der Waals surface area contributed by atoms with Crippen LogP contribution in [-0.2, 0) is 0 Å². The van der Waals surface area contributed by atoms with Crippen molar-refractivity contribution in [3.63, 3.8) is 0 Å². The van der Waals surface area contributed by atoms with Crippen LogP contribution in [0.3, 0.4) is 0 Å². The van der Waals surface area contributed by atoms with Crippen molar-refractivity contribution in [2.24, 2.45) is 5.73 Å². The number of halogens is 1. The first-order chi connectivity index (χ1) is 7.02. The van der Waals surface area contributed by atoms with E-state index in [-0.39, 0.29) is 11.9 Å². The molecule has 0 amide bonds. The molecular weight excluding hydrogens is 256 g/mol. The number of nitrogens with zero attached hydrogens (tertiary/aromatic N) is 2. The van der Waals surface area contributed by atoms with Crippen molar-refractivity contribution in [3.05, 3.63) is 22.9 Å². The Balaban J connectivity index is 2.80. The summed E-state index contributed by atoms with van der Waals surface area (Å²) in [6.45, 7) is 2.04. The summed E-state index contributed by atoms with van der Waals surface area (Å²) in [4.78, 5) is 6.08. The maximum Gasteiger partial charge on any atom is 0.0925 e. The number of nitrogens with two attached hydrogens (primary N) is 1. The third-order valence-electron chi connectivity index (χ3n) is 2.31. The molecule has 0 fully saturated rings. The minimum absolute atomic E-state index is 0.196. The smallest absolute Gasteiger partial charge is 0.0925 e. The summed E-state index contributed by atoms with van der Waals surface area (Å²) in [5.74, 6) is 0.208. The fourth-order valence-electron chi connectivity index (χ4n) is 1.35. The molecule has 1 heterocycles. The van der Waals surface area contributed by atoms with Gasteiger partial charge in [-0.25, -0.2) is 0 Å². The van der Waals surface area contributed by atoms with Crippen molar-refractivity contribution in [1.29, 1.82) is 5.41 Å². The number of amidine groups is 1. The minimum Gasteiger partial charge on any atom is -0.388 e. The molecule has 1 aromatic heterocycles. The summed E-state index contributed by atoms with van der Waals surface area (Å²) < 4.78 is 0.947. The molecule has 3 N–H and O–H groups in total. The van der Waals surface area contributed by atoms with Crippen LogP contribution in [0.2, 0.25) is 0 Å². The van der Waals surface area contributed by atoms with Gasteiger partial charge in [0.1, 0.15) is 0 Å². The molecule has 0 spiro atoms. The zero-order chi connectivity index (χ0) is 11.4. The van der Waals surface area contributed by atoms with E-state index in [9.17, 15) is 0 Å². The molecular formula is C10H15BrN4. The second kappa shape index (κ2) is 5.11. The molecule has 0 bridgehead atoms. The Kier molecular flexibility index (Phi) is 4.08. The molecule has 1 atom stereocenters. The normalized spacial score (nSPS) is 12.2. The number of nitrogens with one attached hydrogen (secondary N) is 1. The van der Waals surface area contributed by atoms with Gasteiger partial charge >= 0.3 is 0 Å². The summed E-state index contributed by atoms with van der Waals surface area (Å²) in [6, 6.07) is 2.13. The molecule has 0 saturated carbocycles. The highest BCUT2D eigenvalue weighted by Gasteiger charge is 2.13. The number of anilines is 1. The van der Waals surface area contributed by atoms with Gasteiger partial charge in [0, 0.05) is 31.9 Å². The van der Waals surface area contributed by atoms with Crippen LogP contribution in [0.4, 0.5) is 5.69 Å². The molecule has 0 aliphatic heterocycles. The number of rotatable bonds is 4. The van der Waals surface area contributed by atoms with Crippen molar-refractivity contribution < 1.29 is 0 Å². The van der Waals surface area contributed by atoms with Crippen molar-refractivity contribution in [2.75, 3.05) is 11.9 Å². The van der Waals surface area contributed by atoms with Crippen LogP contribution in [-0.4, -0.2) is 23.9 Å². The fourth-order valence-corrected chi connectivity index (χ4v) is 1.88. The van der Waals surface area contributed by atoms with E-state index < -0.39 is 0 Å². The molecule has 15 heavy (non-hydrogen) atoms. The first kappa shape index (κ1) is 12.0. The topological polar surface area (TPSA) is 66.0 Å². The lowest BCUT2D eigenvalue weighted by Crippen LogP contribution is -2.33. The average molecular weight is 271 g/mol. The number of pyridine rings is 1. The predicted octanol–water partition coefficient (Wildman–Crippen LogP) is 1.99. The number of hydrogen-bond acceptors (Lipinski definition) is 3. The Labute approximate surface area is 98.1 Å². The van der Waals surface area contributed by atoms with Crippen LogP contribution in [0.5, 0.6) is 0 Å². The zero-order valence-corrected chi connectivity index (χ0v) is 10.5. The van der Waals surface area contributed by atoms with E-state index in [0.29, 0.717) is 6.42 Å². The van der Waals surface area contributed by atoms with Crippen LogP contribution in [0, 0.1) is 5.41 Å². The maximum absolute atomic E-state index is 7.26. The lowest BCUT2D eigenvalue weighted by Gasteiger charge is -2.27. The van der Waals surface area contributed by atoms with E-state index >= 15 is 0 Å². The van der Waals surface area contributed by atoms with E-state index in [1.807, 2.05) is 20.0 Å². The van der Waals surface area contributed by atoms with Gasteiger partial charge in [-0.05, 0) is 28.9 Å².